The zero-order chi connectivity index (χ0) is 16.7. The van der Waals surface area contributed by atoms with Crippen LogP contribution in [0.25, 0.3) is 0 Å². The monoisotopic (exact) mass is 343 g/mol. The van der Waals surface area contributed by atoms with E-state index < -0.39 is 19.0 Å². The van der Waals surface area contributed by atoms with E-state index in [1.54, 1.807) is 18.2 Å². The average molecular weight is 344 g/mol. The molecule has 0 heterocycles. The minimum Gasteiger partial charge on any atom is -0.307 e. The molecule has 0 bridgehead atoms. The van der Waals surface area contributed by atoms with E-state index >= 15 is 0 Å². The molecular formula is C17H17ClF3NO. The molecular weight excluding hydrogens is 327 g/mol. The average Bonchev–Trinajstić information content (AvgIpc) is 2.50. The van der Waals surface area contributed by atoms with Gasteiger partial charge in [0.05, 0.1) is 6.61 Å². The molecule has 0 spiro atoms. The van der Waals surface area contributed by atoms with Crippen LogP contribution in [-0.2, 0) is 17.7 Å². The zero-order valence-corrected chi connectivity index (χ0v) is 13.1. The number of rotatable bonds is 7. The molecule has 1 N–H and O–H groups in total. The highest BCUT2D eigenvalue weighted by atomic mass is 35.5. The molecule has 23 heavy (non-hydrogen) atoms. The van der Waals surface area contributed by atoms with Crippen molar-refractivity contribution in [3.8, 4) is 0 Å². The van der Waals surface area contributed by atoms with Crippen molar-refractivity contribution in [2.24, 2.45) is 0 Å². The van der Waals surface area contributed by atoms with E-state index in [9.17, 15) is 13.2 Å². The topological polar surface area (TPSA) is 21.3 Å². The first-order valence-corrected chi connectivity index (χ1v) is 7.52. The number of hydrogen-bond acceptors (Lipinski definition) is 2. The number of ether oxygens (including phenoxy) is 1. The Labute approximate surface area is 138 Å². The van der Waals surface area contributed by atoms with E-state index in [1.165, 1.54) is 0 Å². The van der Waals surface area contributed by atoms with Gasteiger partial charge in [0, 0.05) is 17.6 Å². The fourth-order valence-electron chi connectivity index (χ4n) is 2.19. The van der Waals surface area contributed by atoms with Gasteiger partial charge in [0.15, 0.2) is 0 Å². The molecule has 124 valence electrons. The molecule has 0 saturated heterocycles. The molecule has 6 heteroatoms. The maximum atomic E-state index is 12.3. The van der Waals surface area contributed by atoms with E-state index in [1.807, 2.05) is 36.4 Å². The molecule has 0 aliphatic rings. The molecule has 2 aromatic rings. The minimum atomic E-state index is -4.63. The third kappa shape index (κ3) is 7.03. The molecule has 1 unspecified atom stereocenters. The van der Waals surface area contributed by atoms with Crippen LogP contribution < -0.4 is 5.32 Å². The second-order valence-electron chi connectivity index (χ2n) is 5.15. The van der Waals surface area contributed by atoms with Crippen LogP contribution in [0.15, 0.2) is 54.6 Å². The van der Waals surface area contributed by atoms with Gasteiger partial charge >= 0.3 is 6.36 Å². The molecule has 0 fully saturated rings. The molecule has 2 aromatic carbocycles. The summed E-state index contributed by atoms with van der Waals surface area (Å²) in [6.07, 6.45) is -4.19. The van der Waals surface area contributed by atoms with Crippen LogP contribution in [0.2, 0.25) is 5.02 Å². The Morgan fingerprint density at radius 3 is 2.35 bits per heavy atom. The van der Waals surface area contributed by atoms with Crippen molar-refractivity contribution < 1.29 is 17.9 Å². The number of alkyl halides is 3. The summed E-state index contributed by atoms with van der Waals surface area (Å²) in [5, 5.41) is 3.69. The van der Waals surface area contributed by atoms with Crippen LogP contribution in [0.5, 0.6) is 0 Å². The van der Waals surface area contributed by atoms with Crippen molar-refractivity contribution in [2.45, 2.75) is 25.4 Å². The lowest BCUT2D eigenvalue weighted by molar-refractivity contribution is -0.326. The minimum absolute atomic E-state index is 0.416. The molecule has 1 atom stereocenters. The van der Waals surface area contributed by atoms with Gasteiger partial charge in [-0.05, 0) is 29.7 Å². The van der Waals surface area contributed by atoms with Crippen molar-refractivity contribution in [3.05, 3.63) is 70.7 Å². The fourth-order valence-corrected chi connectivity index (χ4v) is 2.41. The normalized spacial score (nSPS) is 13.0. The third-order valence-electron chi connectivity index (χ3n) is 3.26. The molecule has 2 rings (SSSR count). The molecule has 0 aliphatic heterocycles. The highest BCUT2D eigenvalue weighted by molar-refractivity contribution is 6.30. The van der Waals surface area contributed by atoms with Gasteiger partial charge in [0.1, 0.15) is 0 Å². The Morgan fingerprint density at radius 2 is 1.70 bits per heavy atom. The van der Waals surface area contributed by atoms with E-state index in [2.05, 4.69) is 10.1 Å². The fraction of sp³-hybridized carbons (Fsp3) is 0.294. The van der Waals surface area contributed by atoms with Gasteiger partial charge in [-0.3, -0.25) is 4.74 Å². The standard InChI is InChI=1S/C17H17ClF3NO/c18-15-8-4-7-14(9-15)11-22-16(12-23-17(19,20)21)10-13-5-2-1-3-6-13/h1-9,16,22H,10-12H2. The van der Waals surface area contributed by atoms with Gasteiger partial charge in [-0.15, -0.1) is 13.2 Å². The summed E-state index contributed by atoms with van der Waals surface area (Å²) in [6.45, 7) is -0.0295. The first-order valence-electron chi connectivity index (χ1n) is 7.15. The van der Waals surface area contributed by atoms with Crippen LogP contribution in [-0.4, -0.2) is 19.0 Å². The summed E-state index contributed by atoms with van der Waals surface area (Å²) in [7, 11) is 0. The van der Waals surface area contributed by atoms with Crippen LogP contribution in [0.3, 0.4) is 0 Å². The van der Waals surface area contributed by atoms with Crippen LogP contribution in [0.4, 0.5) is 13.2 Å². The van der Waals surface area contributed by atoms with E-state index in [0.717, 1.165) is 11.1 Å². The Balaban J connectivity index is 1.97. The Hall–Kier alpha value is -1.56. The summed E-state index contributed by atoms with van der Waals surface area (Å²) in [5.41, 5.74) is 1.85. The van der Waals surface area contributed by atoms with Crippen molar-refractivity contribution in [2.75, 3.05) is 6.61 Å². The van der Waals surface area contributed by atoms with E-state index in [0.29, 0.717) is 18.0 Å². The number of nitrogens with one attached hydrogen (secondary N) is 1. The third-order valence-corrected chi connectivity index (χ3v) is 3.49. The Morgan fingerprint density at radius 1 is 1.00 bits per heavy atom. The van der Waals surface area contributed by atoms with Crippen molar-refractivity contribution in [1.82, 2.24) is 5.32 Å². The Bertz CT molecular complexity index is 604. The van der Waals surface area contributed by atoms with Crippen LogP contribution in [0, 0.1) is 0 Å². The highest BCUT2D eigenvalue weighted by Crippen LogP contribution is 2.17. The summed E-state index contributed by atoms with van der Waals surface area (Å²) < 4.78 is 40.9. The van der Waals surface area contributed by atoms with Gasteiger partial charge in [-0.1, -0.05) is 54.1 Å². The van der Waals surface area contributed by atoms with E-state index in [-0.39, 0.29) is 0 Å². The van der Waals surface area contributed by atoms with Crippen molar-refractivity contribution >= 4 is 11.6 Å². The lowest BCUT2D eigenvalue weighted by atomic mass is 10.1. The summed E-state index contributed by atoms with van der Waals surface area (Å²) >= 11 is 5.91. The van der Waals surface area contributed by atoms with Gasteiger partial charge < -0.3 is 5.32 Å². The molecule has 0 saturated carbocycles. The van der Waals surface area contributed by atoms with Crippen LogP contribution in [0.1, 0.15) is 11.1 Å². The summed E-state index contributed by atoms with van der Waals surface area (Å²) in [5.74, 6) is 0. The van der Waals surface area contributed by atoms with Gasteiger partial charge in [0.25, 0.3) is 0 Å². The largest absolute Gasteiger partial charge is 0.522 e. The quantitative estimate of drug-likeness (QED) is 0.794. The van der Waals surface area contributed by atoms with Crippen molar-refractivity contribution in [1.29, 1.82) is 0 Å². The first kappa shape index (κ1) is 17.8. The van der Waals surface area contributed by atoms with Gasteiger partial charge in [-0.25, -0.2) is 0 Å². The molecule has 0 radical (unpaired) electrons. The predicted octanol–water partition coefficient (Wildman–Crippen LogP) is 4.58. The van der Waals surface area contributed by atoms with Crippen LogP contribution >= 0.6 is 11.6 Å². The lowest BCUT2D eigenvalue weighted by Crippen LogP contribution is -2.37. The second kappa shape index (κ2) is 8.34. The number of halogens is 4. The SMILES string of the molecule is FC(F)(F)OCC(Cc1ccccc1)NCc1cccc(Cl)c1. The maximum Gasteiger partial charge on any atom is 0.522 e. The molecule has 0 amide bonds. The molecule has 2 nitrogen and oxygen atoms in total. The lowest BCUT2D eigenvalue weighted by Gasteiger charge is -2.20. The first-order chi connectivity index (χ1) is 10.9. The van der Waals surface area contributed by atoms with Crippen molar-refractivity contribution in [3.63, 3.8) is 0 Å². The van der Waals surface area contributed by atoms with E-state index in [4.69, 9.17) is 11.6 Å². The predicted molar refractivity (Wildman–Crippen MR) is 84.2 cm³/mol. The maximum absolute atomic E-state index is 12.3. The summed E-state index contributed by atoms with van der Waals surface area (Å²) in [4.78, 5) is 0. The molecule has 0 aliphatic carbocycles. The highest BCUT2D eigenvalue weighted by Gasteiger charge is 2.30. The van der Waals surface area contributed by atoms with Gasteiger partial charge in [0.2, 0.25) is 0 Å². The summed E-state index contributed by atoms with van der Waals surface area (Å²) in [6, 6.07) is 16.1. The Kier molecular flexibility index (Phi) is 6.45. The zero-order valence-electron chi connectivity index (χ0n) is 12.3. The molecule has 0 aromatic heterocycles. The number of hydrogen-bond donors (Lipinski definition) is 1. The second-order valence-corrected chi connectivity index (χ2v) is 5.59. The smallest absolute Gasteiger partial charge is 0.307 e. The number of benzene rings is 2. The van der Waals surface area contributed by atoms with Gasteiger partial charge in [-0.2, -0.15) is 0 Å².